The van der Waals surface area contributed by atoms with Gasteiger partial charge in [0.1, 0.15) is 0 Å². The van der Waals surface area contributed by atoms with E-state index in [0.29, 0.717) is 19.4 Å². The highest BCUT2D eigenvalue weighted by Gasteiger charge is 2.42. The Kier molecular flexibility index (Phi) is 5.31. The molecule has 164 valence electrons. The lowest BCUT2D eigenvalue weighted by molar-refractivity contribution is -0.182. The lowest BCUT2D eigenvalue weighted by atomic mass is 9.78. The summed E-state index contributed by atoms with van der Waals surface area (Å²) in [5, 5.41) is 4.82. The number of halogens is 3. The molecule has 1 aliphatic carbocycles. The van der Waals surface area contributed by atoms with E-state index in [0.717, 1.165) is 42.1 Å². The van der Waals surface area contributed by atoms with Crippen molar-refractivity contribution in [3.63, 3.8) is 0 Å². The predicted molar refractivity (Wildman–Crippen MR) is 107 cm³/mol. The summed E-state index contributed by atoms with van der Waals surface area (Å²) in [5.41, 5.74) is 3.22. The van der Waals surface area contributed by atoms with Crippen LogP contribution in [-0.2, 0) is 10.2 Å². The number of carbonyl (C=O) groups excluding carboxylic acids is 1. The summed E-state index contributed by atoms with van der Waals surface area (Å²) in [6, 6.07) is 3.97. The molecular weight excluding hydrogens is 393 g/mol. The van der Waals surface area contributed by atoms with Crippen LogP contribution in [0.25, 0.3) is 5.65 Å². The molecule has 2 aliphatic rings. The van der Waals surface area contributed by atoms with Crippen LogP contribution in [0.3, 0.4) is 0 Å². The summed E-state index contributed by atoms with van der Waals surface area (Å²) in [6.45, 7) is 7.10. The molecule has 30 heavy (non-hydrogen) atoms. The van der Waals surface area contributed by atoms with Gasteiger partial charge in [0.2, 0.25) is 5.91 Å². The van der Waals surface area contributed by atoms with Gasteiger partial charge in [-0.2, -0.15) is 18.3 Å². The Balaban J connectivity index is 1.65. The number of amides is 1. The molecule has 0 aromatic carbocycles. The monoisotopic (exact) mass is 422 g/mol. The number of fused-ring (bicyclic) bond motifs is 1. The fraction of sp³-hybridized carbons (Fsp3) is 0.682. The minimum atomic E-state index is -4.10. The molecule has 0 spiro atoms. The van der Waals surface area contributed by atoms with Gasteiger partial charge in [-0.1, -0.05) is 6.92 Å². The van der Waals surface area contributed by atoms with E-state index in [1.807, 2.05) is 28.5 Å². The first-order valence-electron chi connectivity index (χ1n) is 10.8. The van der Waals surface area contributed by atoms with Gasteiger partial charge in [-0.05, 0) is 51.5 Å². The van der Waals surface area contributed by atoms with Crippen LogP contribution in [0.1, 0.15) is 75.4 Å². The topological polar surface area (TPSA) is 50.5 Å². The SMILES string of the molecule is CC(=O)N1CCC[C@](C)(c2cc(C)nc3cc([C@H]4CC[C@H](C(F)(F)F)CC4)nn23)C1. The van der Waals surface area contributed by atoms with Gasteiger partial charge in [0, 0.05) is 43.1 Å². The van der Waals surface area contributed by atoms with Crippen molar-refractivity contribution in [3.05, 3.63) is 29.2 Å². The number of likely N-dealkylation sites (tertiary alicyclic amines) is 1. The second kappa shape index (κ2) is 7.54. The Hall–Kier alpha value is -2.12. The Bertz CT molecular complexity index is 946. The number of rotatable bonds is 2. The molecule has 5 nitrogen and oxygen atoms in total. The summed E-state index contributed by atoms with van der Waals surface area (Å²) in [4.78, 5) is 18.5. The minimum absolute atomic E-state index is 0.0336. The Morgan fingerprint density at radius 2 is 1.90 bits per heavy atom. The number of piperidine rings is 1. The molecule has 2 aromatic heterocycles. The van der Waals surface area contributed by atoms with Gasteiger partial charge in [-0.25, -0.2) is 9.50 Å². The van der Waals surface area contributed by atoms with Crippen molar-refractivity contribution < 1.29 is 18.0 Å². The van der Waals surface area contributed by atoms with E-state index in [4.69, 9.17) is 5.10 Å². The third kappa shape index (κ3) is 3.93. The number of carbonyl (C=O) groups is 1. The van der Waals surface area contributed by atoms with E-state index in [2.05, 4.69) is 11.9 Å². The average molecular weight is 422 g/mol. The lowest BCUT2D eigenvalue weighted by Crippen LogP contribution is -2.47. The number of alkyl halides is 3. The van der Waals surface area contributed by atoms with Crippen LogP contribution in [0.4, 0.5) is 13.2 Å². The molecule has 0 bridgehead atoms. The Morgan fingerprint density at radius 1 is 1.20 bits per heavy atom. The highest BCUT2D eigenvalue weighted by Crippen LogP contribution is 2.43. The normalized spacial score (nSPS) is 28.1. The van der Waals surface area contributed by atoms with Crippen LogP contribution in [0.2, 0.25) is 0 Å². The smallest absolute Gasteiger partial charge is 0.342 e. The summed E-state index contributed by atoms with van der Waals surface area (Å²) < 4.78 is 40.9. The van der Waals surface area contributed by atoms with E-state index in [-0.39, 0.29) is 30.1 Å². The minimum Gasteiger partial charge on any atom is -0.342 e. The number of aryl methyl sites for hydroxylation is 1. The third-order valence-electron chi connectivity index (χ3n) is 6.94. The molecule has 2 fully saturated rings. The fourth-order valence-electron chi connectivity index (χ4n) is 5.18. The quantitative estimate of drug-likeness (QED) is 0.700. The molecule has 3 heterocycles. The van der Waals surface area contributed by atoms with E-state index in [9.17, 15) is 18.0 Å². The maximum atomic E-state index is 13.0. The summed E-state index contributed by atoms with van der Waals surface area (Å²) in [5.74, 6) is -1.09. The molecule has 8 heteroatoms. The van der Waals surface area contributed by atoms with Crippen molar-refractivity contribution in [2.24, 2.45) is 5.92 Å². The van der Waals surface area contributed by atoms with E-state index in [1.54, 1.807) is 6.92 Å². The molecule has 1 amide bonds. The van der Waals surface area contributed by atoms with Gasteiger partial charge in [0.05, 0.1) is 17.3 Å². The largest absolute Gasteiger partial charge is 0.391 e. The molecule has 1 aliphatic heterocycles. The fourth-order valence-corrected chi connectivity index (χ4v) is 5.18. The highest BCUT2D eigenvalue weighted by atomic mass is 19.4. The summed E-state index contributed by atoms with van der Waals surface area (Å²) in [6.07, 6.45) is -0.918. The first-order valence-corrected chi connectivity index (χ1v) is 10.8. The van der Waals surface area contributed by atoms with E-state index < -0.39 is 12.1 Å². The lowest BCUT2D eigenvalue weighted by Gasteiger charge is -2.40. The number of hydrogen-bond acceptors (Lipinski definition) is 3. The van der Waals surface area contributed by atoms with Gasteiger partial charge in [-0.3, -0.25) is 4.79 Å². The van der Waals surface area contributed by atoms with Crippen molar-refractivity contribution in [3.8, 4) is 0 Å². The molecule has 4 rings (SSSR count). The molecule has 1 saturated carbocycles. The van der Waals surface area contributed by atoms with Crippen molar-refractivity contribution in [2.75, 3.05) is 13.1 Å². The molecule has 1 saturated heterocycles. The van der Waals surface area contributed by atoms with Gasteiger partial charge in [-0.15, -0.1) is 0 Å². The Morgan fingerprint density at radius 3 is 2.53 bits per heavy atom. The van der Waals surface area contributed by atoms with Crippen molar-refractivity contribution in [1.82, 2.24) is 19.5 Å². The van der Waals surface area contributed by atoms with Crippen LogP contribution in [0, 0.1) is 12.8 Å². The van der Waals surface area contributed by atoms with Crippen LogP contribution >= 0.6 is 0 Å². The average Bonchev–Trinajstić information content (AvgIpc) is 3.10. The van der Waals surface area contributed by atoms with E-state index >= 15 is 0 Å². The third-order valence-corrected chi connectivity index (χ3v) is 6.94. The van der Waals surface area contributed by atoms with Crippen molar-refractivity contribution in [1.29, 1.82) is 0 Å². The number of hydrogen-bond donors (Lipinski definition) is 0. The number of nitrogens with zero attached hydrogens (tertiary/aromatic N) is 4. The first kappa shape index (κ1) is 21.1. The maximum Gasteiger partial charge on any atom is 0.391 e. The standard InChI is InChI=1S/C22H29F3N4O/c1-14-11-19(21(3)9-4-10-28(13-21)15(2)30)29-20(26-14)12-18(27-29)16-5-7-17(8-6-16)22(23,24)25/h11-12,16-17H,4-10,13H2,1-3H3/t16-,17-,21-/m0/s1. The summed E-state index contributed by atoms with van der Waals surface area (Å²) in [7, 11) is 0. The molecule has 0 radical (unpaired) electrons. The van der Waals surface area contributed by atoms with E-state index in [1.165, 1.54) is 0 Å². The molecule has 1 atom stereocenters. The zero-order valence-electron chi connectivity index (χ0n) is 17.8. The Labute approximate surface area is 174 Å². The van der Waals surface area contributed by atoms with Crippen LogP contribution < -0.4 is 0 Å². The summed E-state index contributed by atoms with van der Waals surface area (Å²) >= 11 is 0. The van der Waals surface area contributed by atoms with Crippen LogP contribution in [0.15, 0.2) is 12.1 Å². The van der Waals surface area contributed by atoms with Gasteiger partial charge in [0.25, 0.3) is 0 Å². The maximum absolute atomic E-state index is 13.0. The molecular formula is C22H29F3N4O. The second-order valence-corrected chi connectivity index (χ2v) is 9.32. The van der Waals surface area contributed by atoms with Crippen LogP contribution in [0.5, 0.6) is 0 Å². The second-order valence-electron chi connectivity index (χ2n) is 9.32. The van der Waals surface area contributed by atoms with Crippen LogP contribution in [-0.4, -0.2) is 44.7 Å². The molecule has 0 N–H and O–H groups in total. The van der Waals surface area contributed by atoms with Gasteiger partial charge >= 0.3 is 6.18 Å². The van der Waals surface area contributed by atoms with Gasteiger partial charge < -0.3 is 4.90 Å². The number of aromatic nitrogens is 3. The van der Waals surface area contributed by atoms with Gasteiger partial charge in [0.15, 0.2) is 5.65 Å². The highest BCUT2D eigenvalue weighted by molar-refractivity contribution is 5.73. The zero-order valence-corrected chi connectivity index (χ0v) is 17.8. The predicted octanol–water partition coefficient (Wildman–Crippen LogP) is 4.77. The van der Waals surface area contributed by atoms with Crippen molar-refractivity contribution >= 4 is 11.6 Å². The molecule has 2 aromatic rings. The first-order chi connectivity index (χ1) is 14.1. The van der Waals surface area contributed by atoms with Crippen molar-refractivity contribution in [2.45, 2.75) is 76.8 Å². The molecule has 0 unspecified atom stereocenters. The zero-order chi connectivity index (χ0) is 21.7.